The molecule has 0 aliphatic carbocycles. The van der Waals surface area contributed by atoms with Gasteiger partial charge < -0.3 is 10.1 Å². The molecular formula is C10H18N2OS. The van der Waals surface area contributed by atoms with Gasteiger partial charge in [0.05, 0.1) is 13.2 Å². The lowest BCUT2D eigenvalue weighted by Gasteiger charge is -2.02. The summed E-state index contributed by atoms with van der Waals surface area (Å²) in [6, 6.07) is 0. The number of nitrogens with one attached hydrogen (secondary N) is 1. The van der Waals surface area contributed by atoms with E-state index < -0.39 is 0 Å². The van der Waals surface area contributed by atoms with Crippen LogP contribution in [0.1, 0.15) is 24.0 Å². The van der Waals surface area contributed by atoms with Crippen LogP contribution >= 0.6 is 11.3 Å². The van der Waals surface area contributed by atoms with E-state index in [1.165, 1.54) is 6.42 Å². The summed E-state index contributed by atoms with van der Waals surface area (Å²) in [7, 11) is 0. The molecule has 14 heavy (non-hydrogen) atoms. The van der Waals surface area contributed by atoms with Gasteiger partial charge in [-0.15, -0.1) is 11.3 Å². The van der Waals surface area contributed by atoms with Crippen LogP contribution in [0.2, 0.25) is 0 Å². The van der Waals surface area contributed by atoms with Crippen LogP contribution in [0.15, 0.2) is 5.38 Å². The van der Waals surface area contributed by atoms with Gasteiger partial charge >= 0.3 is 0 Å². The summed E-state index contributed by atoms with van der Waals surface area (Å²) in [4.78, 5) is 4.32. The summed E-state index contributed by atoms with van der Waals surface area (Å²) in [6.45, 7) is 7.57. The maximum atomic E-state index is 5.47. The van der Waals surface area contributed by atoms with Gasteiger partial charge in [0.25, 0.3) is 0 Å². The summed E-state index contributed by atoms with van der Waals surface area (Å²) >= 11 is 1.66. The molecule has 4 heteroatoms. The fraction of sp³-hybridized carbons (Fsp3) is 0.700. The van der Waals surface area contributed by atoms with Crippen LogP contribution in [-0.2, 0) is 11.3 Å². The molecule has 1 N–H and O–H groups in total. The molecule has 1 aromatic rings. The molecule has 3 nitrogen and oxygen atoms in total. The summed E-state index contributed by atoms with van der Waals surface area (Å²) in [5.74, 6) is 0. The molecule has 0 amide bonds. The van der Waals surface area contributed by atoms with E-state index >= 15 is 0 Å². The van der Waals surface area contributed by atoms with Crippen molar-refractivity contribution in [2.24, 2.45) is 0 Å². The lowest BCUT2D eigenvalue weighted by atomic mass is 10.5. The second kappa shape index (κ2) is 6.92. The molecule has 0 bridgehead atoms. The van der Waals surface area contributed by atoms with E-state index in [2.05, 4.69) is 17.2 Å². The molecule has 0 aromatic carbocycles. The monoisotopic (exact) mass is 214 g/mol. The first-order chi connectivity index (χ1) is 6.83. The van der Waals surface area contributed by atoms with E-state index in [0.29, 0.717) is 6.61 Å². The SMILES string of the molecule is CCCNCCOCc1nc(C)cs1. The molecule has 0 unspecified atom stereocenters. The van der Waals surface area contributed by atoms with Gasteiger partial charge in [-0.3, -0.25) is 0 Å². The third-order valence-electron chi connectivity index (χ3n) is 1.74. The normalized spacial score (nSPS) is 10.7. The Hall–Kier alpha value is -0.450. The highest BCUT2D eigenvalue weighted by atomic mass is 32.1. The van der Waals surface area contributed by atoms with Crippen molar-refractivity contribution in [2.45, 2.75) is 26.9 Å². The van der Waals surface area contributed by atoms with Crippen molar-refractivity contribution in [3.8, 4) is 0 Å². The second-order valence-corrected chi connectivity index (χ2v) is 4.13. The molecule has 0 atom stereocenters. The minimum atomic E-state index is 0.645. The second-order valence-electron chi connectivity index (χ2n) is 3.19. The first-order valence-electron chi connectivity index (χ1n) is 5.02. The molecule has 0 saturated heterocycles. The zero-order valence-corrected chi connectivity index (χ0v) is 9.69. The first-order valence-corrected chi connectivity index (χ1v) is 5.90. The van der Waals surface area contributed by atoms with Crippen LogP contribution in [0.25, 0.3) is 0 Å². The molecule has 1 aromatic heterocycles. The van der Waals surface area contributed by atoms with E-state index in [0.717, 1.165) is 30.4 Å². The minimum absolute atomic E-state index is 0.645. The van der Waals surface area contributed by atoms with Crippen molar-refractivity contribution in [3.63, 3.8) is 0 Å². The lowest BCUT2D eigenvalue weighted by molar-refractivity contribution is 0.122. The Morgan fingerprint density at radius 2 is 2.36 bits per heavy atom. The maximum Gasteiger partial charge on any atom is 0.119 e. The Morgan fingerprint density at radius 1 is 1.50 bits per heavy atom. The van der Waals surface area contributed by atoms with Gasteiger partial charge in [-0.05, 0) is 19.9 Å². The number of nitrogens with zero attached hydrogens (tertiary/aromatic N) is 1. The average Bonchev–Trinajstić information content (AvgIpc) is 2.58. The average molecular weight is 214 g/mol. The quantitative estimate of drug-likeness (QED) is 0.705. The molecule has 80 valence electrons. The third kappa shape index (κ3) is 4.69. The zero-order chi connectivity index (χ0) is 10.2. The molecule has 0 aliphatic rings. The van der Waals surface area contributed by atoms with Crippen LogP contribution in [0.4, 0.5) is 0 Å². The number of aryl methyl sites for hydroxylation is 1. The summed E-state index contributed by atoms with van der Waals surface area (Å²) < 4.78 is 5.47. The van der Waals surface area contributed by atoms with Crippen LogP contribution in [0.5, 0.6) is 0 Å². The molecule has 1 heterocycles. The van der Waals surface area contributed by atoms with Gasteiger partial charge in [-0.1, -0.05) is 6.92 Å². The van der Waals surface area contributed by atoms with Gasteiger partial charge in [0.15, 0.2) is 0 Å². The van der Waals surface area contributed by atoms with E-state index in [-0.39, 0.29) is 0 Å². The number of hydrogen-bond acceptors (Lipinski definition) is 4. The summed E-state index contributed by atoms with van der Waals surface area (Å²) in [5.41, 5.74) is 1.08. The van der Waals surface area contributed by atoms with Gasteiger partial charge in [-0.25, -0.2) is 4.98 Å². The fourth-order valence-electron chi connectivity index (χ4n) is 1.07. The Morgan fingerprint density at radius 3 is 3.00 bits per heavy atom. The van der Waals surface area contributed by atoms with Crippen molar-refractivity contribution in [3.05, 3.63) is 16.1 Å². The van der Waals surface area contributed by atoms with Crippen molar-refractivity contribution in [2.75, 3.05) is 19.7 Å². The Balaban J connectivity index is 1.99. The van der Waals surface area contributed by atoms with Crippen molar-refractivity contribution in [1.29, 1.82) is 0 Å². The third-order valence-corrected chi connectivity index (χ3v) is 2.68. The largest absolute Gasteiger partial charge is 0.373 e. The topological polar surface area (TPSA) is 34.1 Å². The number of rotatable bonds is 7. The fourth-order valence-corrected chi connectivity index (χ4v) is 1.78. The highest BCUT2D eigenvalue weighted by Gasteiger charge is 1.97. The maximum absolute atomic E-state index is 5.47. The van der Waals surface area contributed by atoms with Gasteiger partial charge in [0, 0.05) is 17.6 Å². The predicted molar refractivity (Wildman–Crippen MR) is 59.7 cm³/mol. The van der Waals surface area contributed by atoms with Gasteiger partial charge in [0.1, 0.15) is 5.01 Å². The van der Waals surface area contributed by atoms with Crippen molar-refractivity contribution < 1.29 is 4.74 Å². The Kier molecular flexibility index (Phi) is 5.75. The minimum Gasteiger partial charge on any atom is -0.373 e. The Bertz CT molecular complexity index is 250. The molecule has 1 rings (SSSR count). The van der Waals surface area contributed by atoms with Crippen molar-refractivity contribution in [1.82, 2.24) is 10.3 Å². The molecule has 0 saturated carbocycles. The molecular weight excluding hydrogens is 196 g/mol. The van der Waals surface area contributed by atoms with Crippen LogP contribution in [-0.4, -0.2) is 24.7 Å². The highest BCUT2D eigenvalue weighted by molar-refractivity contribution is 7.09. The zero-order valence-electron chi connectivity index (χ0n) is 8.88. The van der Waals surface area contributed by atoms with E-state index in [1.807, 2.05) is 12.3 Å². The number of ether oxygens (including phenoxy) is 1. The molecule has 0 aliphatic heterocycles. The summed E-state index contributed by atoms with van der Waals surface area (Å²) in [5, 5.41) is 6.40. The van der Waals surface area contributed by atoms with E-state index in [4.69, 9.17) is 4.74 Å². The molecule has 0 radical (unpaired) electrons. The molecule has 0 fully saturated rings. The Labute approximate surface area is 89.5 Å². The summed E-state index contributed by atoms with van der Waals surface area (Å²) in [6.07, 6.45) is 1.17. The highest BCUT2D eigenvalue weighted by Crippen LogP contribution is 2.09. The lowest BCUT2D eigenvalue weighted by Crippen LogP contribution is -2.20. The number of aromatic nitrogens is 1. The van der Waals surface area contributed by atoms with Crippen LogP contribution in [0, 0.1) is 6.92 Å². The van der Waals surface area contributed by atoms with Gasteiger partial charge in [0.2, 0.25) is 0 Å². The van der Waals surface area contributed by atoms with Gasteiger partial charge in [-0.2, -0.15) is 0 Å². The number of hydrogen-bond donors (Lipinski definition) is 1. The smallest absolute Gasteiger partial charge is 0.119 e. The van der Waals surface area contributed by atoms with Crippen LogP contribution < -0.4 is 5.32 Å². The van der Waals surface area contributed by atoms with E-state index in [1.54, 1.807) is 11.3 Å². The van der Waals surface area contributed by atoms with E-state index in [9.17, 15) is 0 Å². The standard InChI is InChI=1S/C10H18N2OS/c1-3-4-11-5-6-13-7-10-12-9(2)8-14-10/h8,11H,3-7H2,1-2H3. The first kappa shape index (κ1) is 11.6. The van der Waals surface area contributed by atoms with Crippen molar-refractivity contribution >= 4 is 11.3 Å². The number of thiazole rings is 1. The predicted octanol–water partition coefficient (Wildman–Crippen LogP) is 1.97. The molecule has 0 spiro atoms. The van der Waals surface area contributed by atoms with Crippen LogP contribution in [0.3, 0.4) is 0 Å².